The second-order valence-corrected chi connectivity index (χ2v) is 17.0. The van der Waals surface area contributed by atoms with Crippen molar-refractivity contribution in [1.82, 2.24) is 28.8 Å². The maximum Gasteiger partial charge on any atom is 0.417 e. The molecule has 2 aromatic rings. The molecular formula is C34H47F3N6O4S2. The molecule has 10 nitrogen and oxygen atoms in total. The van der Waals surface area contributed by atoms with Crippen LogP contribution in [0.1, 0.15) is 68.7 Å². The minimum atomic E-state index is -4.60. The summed E-state index contributed by atoms with van der Waals surface area (Å²) in [6.45, 7) is 7.87. The second kappa shape index (κ2) is 14.9. The van der Waals surface area contributed by atoms with Gasteiger partial charge in [0.15, 0.2) is 0 Å². The summed E-state index contributed by atoms with van der Waals surface area (Å²) in [4.78, 5) is 31.3. The lowest BCUT2D eigenvalue weighted by molar-refractivity contribution is -0.139. The second-order valence-electron chi connectivity index (χ2n) is 14.0. The Morgan fingerprint density at radius 3 is 2.47 bits per heavy atom. The molecule has 0 radical (unpaired) electrons. The van der Waals surface area contributed by atoms with Gasteiger partial charge >= 0.3 is 6.18 Å². The molecule has 2 amide bonds. The normalized spacial score (nSPS) is 21.8. The van der Waals surface area contributed by atoms with E-state index in [0.717, 1.165) is 94.5 Å². The third-order valence-electron chi connectivity index (χ3n) is 10.4. The lowest BCUT2D eigenvalue weighted by Gasteiger charge is -2.36. The molecule has 270 valence electrons. The van der Waals surface area contributed by atoms with Crippen LogP contribution in [0.4, 0.5) is 13.2 Å². The van der Waals surface area contributed by atoms with E-state index in [9.17, 15) is 31.2 Å². The predicted molar refractivity (Wildman–Crippen MR) is 182 cm³/mol. The average Bonchev–Trinajstić information content (AvgIpc) is 3.66. The van der Waals surface area contributed by atoms with Crippen molar-refractivity contribution in [2.45, 2.75) is 88.5 Å². The smallest absolute Gasteiger partial charge is 0.342 e. The highest BCUT2D eigenvalue weighted by atomic mass is 32.2. The minimum Gasteiger partial charge on any atom is -0.342 e. The summed E-state index contributed by atoms with van der Waals surface area (Å²) < 4.78 is 70.9. The molecule has 5 heterocycles. The van der Waals surface area contributed by atoms with Crippen molar-refractivity contribution in [3.63, 3.8) is 0 Å². The number of halogens is 3. The summed E-state index contributed by atoms with van der Waals surface area (Å²) in [5.74, 6) is 0.364. The zero-order valence-corrected chi connectivity index (χ0v) is 30.0. The number of carbonyl (C=O) groups is 2. The molecule has 0 aliphatic carbocycles. The number of nitrogens with zero attached hydrogens (tertiary/aromatic N) is 6. The number of aryl methyl sites for hydroxylation is 1. The van der Waals surface area contributed by atoms with Gasteiger partial charge in [0, 0.05) is 93.0 Å². The average molecular weight is 725 g/mol. The van der Waals surface area contributed by atoms with Crippen LogP contribution in [-0.2, 0) is 45.3 Å². The number of fused-ring (bicyclic) bond motifs is 1. The fourth-order valence-corrected chi connectivity index (χ4v) is 9.59. The van der Waals surface area contributed by atoms with Crippen LogP contribution in [-0.4, -0.2) is 113 Å². The van der Waals surface area contributed by atoms with Crippen LogP contribution in [0.2, 0.25) is 0 Å². The number of rotatable bonds is 10. The number of thioether (sulfide) groups is 1. The third-order valence-corrected chi connectivity index (χ3v) is 12.7. The Morgan fingerprint density at radius 2 is 1.80 bits per heavy atom. The summed E-state index contributed by atoms with van der Waals surface area (Å²) >= 11 is 0.893. The number of benzene rings is 1. The fourth-order valence-electron chi connectivity index (χ4n) is 7.79. The molecule has 0 spiro atoms. The topological polar surface area (TPSA) is 99.1 Å². The highest BCUT2D eigenvalue weighted by Gasteiger charge is 2.36. The Bertz CT molecular complexity index is 1640. The van der Waals surface area contributed by atoms with Crippen molar-refractivity contribution in [3.05, 3.63) is 35.0 Å². The van der Waals surface area contributed by atoms with Crippen LogP contribution in [0.25, 0.3) is 11.3 Å². The van der Waals surface area contributed by atoms with E-state index < -0.39 is 21.8 Å². The molecule has 1 aromatic carbocycles. The Kier molecular flexibility index (Phi) is 11.0. The summed E-state index contributed by atoms with van der Waals surface area (Å²) in [6.07, 6.45) is 3.27. The van der Waals surface area contributed by atoms with Gasteiger partial charge in [-0.15, -0.1) is 11.8 Å². The monoisotopic (exact) mass is 724 g/mol. The molecule has 0 saturated carbocycles. The summed E-state index contributed by atoms with van der Waals surface area (Å²) in [6, 6.07) is 4.24. The van der Waals surface area contributed by atoms with E-state index in [1.165, 1.54) is 16.4 Å². The van der Waals surface area contributed by atoms with Crippen LogP contribution < -0.4 is 0 Å². The van der Waals surface area contributed by atoms with Crippen molar-refractivity contribution in [2.75, 3.05) is 57.8 Å². The SMILES string of the molecule is CC1CCCN(C(=O)CSc2cc(-c3nn(CCCN4CCC(N5CCCC5=O)CC4)c4c3CN(S(C)(=O)=O)CC4)ccc2C(F)(F)F)C1. The molecule has 15 heteroatoms. The summed E-state index contributed by atoms with van der Waals surface area (Å²) in [5.41, 5.74) is 1.76. The van der Waals surface area contributed by atoms with Gasteiger partial charge in [-0.3, -0.25) is 14.3 Å². The number of hydrogen-bond donors (Lipinski definition) is 0. The van der Waals surface area contributed by atoms with E-state index in [1.807, 2.05) is 9.58 Å². The third kappa shape index (κ3) is 8.48. The van der Waals surface area contributed by atoms with Crippen LogP contribution in [0.5, 0.6) is 0 Å². The summed E-state index contributed by atoms with van der Waals surface area (Å²) in [7, 11) is -3.50. The zero-order valence-electron chi connectivity index (χ0n) is 28.4. The van der Waals surface area contributed by atoms with Crippen LogP contribution >= 0.6 is 11.8 Å². The number of aromatic nitrogens is 2. The number of likely N-dealkylation sites (tertiary alicyclic amines) is 3. The molecule has 3 saturated heterocycles. The molecule has 1 unspecified atom stereocenters. The molecule has 49 heavy (non-hydrogen) atoms. The Hall–Kier alpha value is -2.62. The number of amides is 2. The first-order valence-electron chi connectivity index (χ1n) is 17.5. The van der Waals surface area contributed by atoms with Crippen molar-refractivity contribution in [2.24, 2.45) is 5.92 Å². The highest BCUT2D eigenvalue weighted by Crippen LogP contribution is 2.40. The van der Waals surface area contributed by atoms with E-state index in [4.69, 9.17) is 5.10 Å². The van der Waals surface area contributed by atoms with Crippen molar-refractivity contribution >= 4 is 33.6 Å². The molecule has 0 N–H and O–H groups in total. The first kappa shape index (κ1) is 36.2. The van der Waals surface area contributed by atoms with Gasteiger partial charge in [0.05, 0.1) is 23.3 Å². The van der Waals surface area contributed by atoms with Crippen molar-refractivity contribution in [3.8, 4) is 11.3 Å². The van der Waals surface area contributed by atoms with Crippen LogP contribution in [0.15, 0.2) is 23.1 Å². The van der Waals surface area contributed by atoms with E-state index >= 15 is 0 Å². The Labute approximate surface area is 291 Å². The molecule has 6 rings (SSSR count). The number of alkyl halides is 3. The van der Waals surface area contributed by atoms with Crippen molar-refractivity contribution < 1.29 is 31.2 Å². The standard InChI is InChI=1S/C34H47F3N6O4S2/c1-24-6-3-14-40(21-24)32(45)23-48-30-20-25(8-9-28(30)34(35,36)37)33-27-22-41(49(2,46)47)19-12-29(27)43(38-33)16-5-13-39-17-10-26(11-18-39)42-15-4-7-31(42)44/h8-9,20,24,26H,3-7,10-19,21-23H2,1-2H3. The lowest BCUT2D eigenvalue weighted by atomic mass is 10.0. The number of sulfonamides is 1. The molecule has 1 aromatic heterocycles. The summed E-state index contributed by atoms with van der Waals surface area (Å²) in [5, 5.41) is 4.91. The maximum atomic E-state index is 14.2. The molecule has 0 bridgehead atoms. The Morgan fingerprint density at radius 1 is 1.02 bits per heavy atom. The van der Waals surface area contributed by atoms with Gasteiger partial charge in [-0.25, -0.2) is 8.42 Å². The van der Waals surface area contributed by atoms with Gasteiger partial charge < -0.3 is 14.7 Å². The number of hydrogen-bond acceptors (Lipinski definition) is 7. The van der Waals surface area contributed by atoms with Gasteiger partial charge in [0.25, 0.3) is 0 Å². The Balaban J connectivity index is 1.20. The first-order chi connectivity index (χ1) is 23.3. The largest absolute Gasteiger partial charge is 0.417 e. The number of carbonyl (C=O) groups excluding carboxylic acids is 2. The first-order valence-corrected chi connectivity index (χ1v) is 20.3. The van der Waals surface area contributed by atoms with Gasteiger partial charge in [0.1, 0.15) is 0 Å². The molecule has 3 fully saturated rings. The zero-order chi connectivity index (χ0) is 34.9. The molecule has 4 aliphatic rings. The quantitative estimate of drug-likeness (QED) is 0.328. The van der Waals surface area contributed by atoms with E-state index in [2.05, 4.69) is 11.8 Å². The van der Waals surface area contributed by atoms with Crippen LogP contribution in [0, 0.1) is 5.92 Å². The molecular weight excluding hydrogens is 678 g/mol. The van der Waals surface area contributed by atoms with Gasteiger partial charge in [-0.05, 0) is 63.1 Å². The lowest BCUT2D eigenvalue weighted by Crippen LogP contribution is -2.45. The minimum absolute atomic E-state index is 0.0403. The van der Waals surface area contributed by atoms with Gasteiger partial charge in [-0.2, -0.15) is 22.6 Å². The van der Waals surface area contributed by atoms with Gasteiger partial charge in [0.2, 0.25) is 21.8 Å². The van der Waals surface area contributed by atoms with E-state index in [-0.39, 0.29) is 29.0 Å². The van der Waals surface area contributed by atoms with Crippen LogP contribution in [0.3, 0.4) is 0 Å². The van der Waals surface area contributed by atoms with Crippen molar-refractivity contribution in [1.29, 1.82) is 0 Å². The molecule has 4 aliphatic heterocycles. The van der Waals surface area contributed by atoms with E-state index in [0.29, 0.717) is 67.8 Å². The number of piperidine rings is 2. The highest BCUT2D eigenvalue weighted by molar-refractivity contribution is 8.00. The maximum absolute atomic E-state index is 14.2. The molecule has 1 atom stereocenters. The van der Waals surface area contributed by atoms with E-state index in [1.54, 1.807) is 4.90 Å². The fraction of sp³-hybridized carbons (Fsp3) is 0.676. The van der Waals surface area contributed by atoms with Gasteiger partial charge in [-0.1, -0.05) is 13.0 Å². The predicted octanol–water partition coefficient (Wildman–Crippen LogP) is 4.71.